The number of esters is 1. The van der Waals surface area contributed by atoms with Crippen molar-refractivity contribution in [3.8, 4) is 0 Å². The van der Waals surface area contributed by atoms with E-state index in [1.165, 1.54) is 0 Å². The van der Waals surface area contributed by atoms with Gasteiger partial charge in [0.25, 0.3) is 0 Å². The summed E-state index contributed by atoms with van der Waals surface area (Å²) < 4.78 is 4.97. The van der Waals surface area contributed by atoms with Crippen LogP contribution in [0.1, 0.15) is 46.5 Å². The molecule has 0 N–H and O–H groups in total. The van der Waals surface area contributed by atoms with Gasteiger partial charge in [-0.1, -0.05) is 19.8 Å². The minimum absolute atomic E-state index is 0.201. The Morgan fingerprint density at radius 1 is 1.43 bits per heavy atom. The number of aldehydes is 1. The SMILES string of the molecule is CCCCC(C)(C)C(=O)OCCC=O. The summed E-state index contributed by atoms with van der Waals surface area (Å²) in [5, 5.41) is 0. The van der Waals surface area contributed by atoms with Crippen LogP contribution in [0.3, 0.4) is 0 Å². The third-order valence-electron chi connectivity index (χ3n) is 2.18. The highest BCUT2D eigenvalue weighted by Crippen LogP contribution is 2.24. The molecule has 0 aliphatic rings. The lowest BCUT2D eigenvalue weighted by atomic mass is 9.87. The molecular formula is C11H20O3. The van der Waals surface area contributed by atoms with Crippen molar-refractivity contribution < 1.29 is 14.3 Å². The van der Waals surface area contributed by atoms with Crippen LogP contribution in [-0.4, -0.2) is 18.9 Å². The first kappa shape index (κ1) is 13.1. The van der Waals surface area contributed by atoms with E-state index in [9.17, 15) is 9.59 Å². The van der Waals surface area contributed by atoms with Crippen LogP contribution in [0.15, 0.2) is 0 Å². The maximum atomic E-state index is 11.5. The molecule has 3 heteroatoms. The summed E-state index contributed by atoms with van der Waals surface area (Å²) in [5.41, 5.74) is -0.418. The monoisotopic (exact) mass is 200 g/mol. The molecule has 0 atom stereocenters. The highest BCUT2D eigenvalue weighted by Gasteiger charge is 2.28. The molecule has 82 valence electrons. The molecule has 0 amide bonds. The molecule has 0 aliphatic carbocycles. The first-order valence-electron chi connectivity index (χ1n) is 5.15. The van der Waals surface area contributed by atoms with Crippen LogP contribution in [0.2, 0.25) is 0 Å². The summed E-state index contributed by atoms with van der Waals surface area (Å²) in [6, 6.07) is 0. The lowest BCUT2D eigenvalue weighted by Gasteiger charge is -2.21. The number of carbonyl (C=O) groups is 2. The third-order valence-corrected chi connectivity index (χ3v) is 2.18. The molecular weight excluding hydrogens is 180 g/mol. The summed E-state index contributed by atoms with van der Waals surface area (Å²) in [5.74, 6) is -0.201. The van der Waals surface area contributed by atoms with Gasteiger partial charge in [-0.15, -0.1) is 0 Å². The van der Waals surface area contributed by atoms with Gasteiger partial charge in [-0.05, 0) is 20.3 Å². The molecule has 0 saturated carbocycles. The van der Waals surface area contributed by atoms with Gasteiger partial charge < -0.3 is 9.53 Å². The molecule has 14 heavy (non-hydrogen) atoms. The number of unbranched alkanes of at least 4 members (excludes halogenated alkanes) is 1. The molecule has 0 rings (SSSR count). The van der Waals surface area contributed by atoms with Gasteiger partial charge >= 0.3 is 5.97 Å². The molecule has 0 radical (unpaired) electrons. The van der Waals surface area contributed by atoms with Gasteiger partial charge in [-0.2, -0.15) is 0 Å². The molecule has 0 bridgehead atoms. The smallest absolute Gasteiger partial charge is 0.311 e. The maximum absolute atomic E-state index is 11.5. The van der Waals surface area contributed by atoms with E-state index in [0.29, 0.717) is 0 Å². The van der Waals surface area contributed by atoms with Crippen molar-refractivity contribution in [1.29, 1.82) is 0 Å². The van der Waals surface area contributed by atoms with Gasteiger partial charge in [0.2, 0.25) is 0 Å². The van der Waals surface area contributed by atoms with Crippen molar-refractivity contribution >= 4 is 12.3 Å². The highest BCUT2D eigenvalue weighted by atomic mass is 16.5. The first-order valence-corrected chi connectivity index (χ1v) is 5.15. The van der Waals surface area contributed by atoms with E-state index >= 15 is 0 Å². The van der Waals surface area contributed by atoms with E-state index < -0.39 is 5.41 Å². The number of carbonyl (C=O) groups excluding carboxylic acids is 2. The fourth-order valence-corrected chi connectivity index (χ4v) is 1.12. The van der Waals surface area contributed by atoms with Gasteiger partial charge in [0.1, 0.15) is 6.29 Å². The van der Waals surface area contributed by atoms with Gasteiger partial charge in [0, 0.05) is 6.42 Å². The topological polar surface area (TPSA) is 43.4 Å². The average Bonchev–Trinajstić information content (AvgIpc) is 2.15. The van der Waals surface area contributed by atoms with Crippen molar-refractivity contribution in [2.24, 2.45) is 5.41 Å². The maximum Gasteiger partial charge on any atom is 0.311 e. The zero-order valence-electron chi connectivity index (χ0n) is 9.34. The fraction of sp³-hybridized carbons (Fsp3) is 0.818. The third kappa shape index (κ3) is 5.00. The zero-order valence-corrected chi connectivity index (χ0v) is 9.34. The van der Waals surface area contributed by atoms with Crippen LogP contribution in [0.5, 0.6) is 0 Å². The Morgan fingerprint density at radius 3 is 2.57 bits per heavy atom. The van der Waals surface area contributed by atoms with E-state index in [4.69, 9.17) is 4.74 Å². The summed E-state index contributed by atoms with van der Waals surface area (Å²) in [4.78, 5) is 21.5. The van der Waals surface area contributed by atoms with Crippen LogP contribution in [0, 0.1) is 5.41 Å². The van der Waals surface area contributed by atoms with Crippen LogP contribution in [-0.2, 0) is 14.3 Å². The van der Waals surface area contributed by atoms with Gasteiger partial charge in [0.05, 0.1) is 12.0 Å². The molecule has 0 heterocycles. The standard InChI is InChI=1S/C11H20O3/c1-4-5-7-11(2,3)10(13)14-9-6-8-12/h8H,4-7,9H2,1-3H3. The molecule has 0 saturated heterocycles. The van der Waals surface area contributed by atoms with E-state index in [2.05, 4.69) is 6.92 Å². The lowest BCUT2D eigenvalue weighted by molar-refractivity contribution is -0.154. The van der Waals surface area contributed by atoms with Crippen LogP contribution in [0.4, 0.5) is 0 Å². The van der Waals surface area contributed by atoms with Gasteiger partial charge in [-0.25, -0.2) is 0 Å². The summed E-state index contributed by atoms with van der Waals surface area (Å²) in [6.07, 6.45) is 3.98. The Bertz CT molecular complexity index is 185. The zero-order chi connectivity index (χ0) is 11.0. The van der Waals surface area contributed by atoms with Gasteiger partial charge in [0.15, 0.2) is 0 Å². The lowest BCUT2D eigenvalue weighted by Crippen LogP contribution is -2.27. The number of hydrogen-bond acceptors (Lipinski definition) is 3. The minimum atomic E-state index is -0.418. The summed E-state index contributed by atoms with van der Waals surface area (Å²) in [6.45, 7) is 6.06. The quantitative estimate of drug-likeness (QED) is 0.360. The molecule has 0 aromatic carbocycles. The predicted molar refractivity (Wildman–Crippen MR) is 54.9 cm³/mol. The van der Waals surface area contributed by atoms with Crippen molar-refractivity contribution in [2.75, 3.05) is 6.61 Å². The molecule has 0 fully saturated rings. The molecule has 3 nitrogen and oxygen atoms in total. The first-order chi connectivity index (χ1) is 6.54. The number of rotatable bonds is 7. The predicted octanol–water partition coefficient (Wildman–Crippen LogP) is 2.33. The highest BCUT2D eigenvalue weighted by molar-refractivity contribution is 5.75. The number of hydrogen-bond donors (Lipinski definition) is 0. The van der Waals surface area contributed by atoms with E-state index in [-0.39, 0.29) is 19.0 Å². The molecule has 0 spiro atoms. The normalized spacial score (nSPS) is 11.1. The molecule has 0 aromatic heterocycles. The van der Waals surface area contributed by atoms with Crippen LogP contribution in [0.25, 0.3) is 0 Å². The van der Waals surface area contributed by atoms with Crippen molar-refractivity contribution in [3.05, 3.63) is 0 Å². The van der Waals surface area contributed by atoms with Crippen molar-refractivity contribution in [1.82, 2.24) is 0 Å². The second-order valence-electron chi connectivity index (χ2n) is 4.08. The van der Waals surface area contributed by atoms with E-state index in [1.807, 2.05) is 13.8 Å². The Morgan fingerprint density at radius 2 is 2.07 bits per heavy atom. The molecule has 0 aliphatic heterocycles. The fourth-order valence-electron chi connectivity index (χ4n) is 1.12. The Labute approximate surface area is 85.8 Å². The summed E-state index contributed by atoms with van der Waals surface area (Å²) in [7, 11) is 0. The second-order valence-corrected chi connectivity index (χ2v) is 4.08. The molecule has 0 aromatic rings. The van der Waals surface area contributed by atoms with Crippen molar-refractivity contribution in [2.45, 2.75) is 46.5 Å². The minimum Gasteiger partial charge on any atom is -0.465 e. The number of ether oxygens (including phenoxy) is 1. The Kier molecular flexibility index (Phi) is 6.17. The van der Waals surface area contributed by atoms with Crippen molar-refractivity contribution in [3.63, 3.8) is 0 Å². The molecule has 0 unspecified atom stereocenters. The Hall–Kier alpha value is -0.860. The van der Waals surface area contributed by atoms with Gasteiger partial charge in [-0.3, -0.25) is 4.79 Å². The summed E-state index contributed by atoms with van der Waals surface area (Å²) >= 11 is 0. The van der Waals surface area contributed by atoms with Crippen LogP contribution < -0.4 is 0 Å². The average molecular weight is 200 g/mol. The second kappa shape index (κ2) is 6.57. The Balaban J connectivity index is 3.87. The van der Waals surface area contributed by atoms with Crippen LogP contribution >= 0.6 is 0 Å². The van der Waals surface area contributed by atoms with E-state index in [0.717, 1.165) is 25.5 Å². The van der Waals surface area contributed by atoms with E-state index in [1.54, 1.807) is 0 Å². The largest absolute Gasteiger partial charge is 0.465 e.